The largest absolute Gasteiger partial charge is 0.496 e. The van der Waals surface area contributed by atoms with Gasteiger partial charge in [-0.05, 0) is 37.6 Å². The highest BCUT2D eigenvalue weighted by atomic mass is 32.2. The molecule has 1 heterocycles. The summed E-state index contributed by atoms with van der Waals surface area (Å²) in [5, 5.41) is 13.0. The van der Waals surface area contributed by atoms with Crippen LogP contribution in [0.2, 0.25) is 0 Å². The lowest BCUT2D eigenvalue weighted by Crippen LogP contribution is -2.30. The maximum Gasteiger partial charge on any atom is 0.338 e. The maximum atomic E-state index is 12.7. The number of aromatic carboxylic acids is 1. The number of carbonyl (C=O) groups excluding carboxylic acids is 1. The van der Waals surface area contributed by atoms with E-state index in [0.717, 1.165) is 11.1 Å². The lowest BCUT2D eigenvalue weighted by Gasteiger charge is -2.26. The molecule has 2 aromatic rings. The number of allylic oxidation sites excluding steroid dienone is 1. The van der Waals surface area contributed by atoms with Crippen molar-refractivity contribution in [3.05, 3.63) is 76.5 Å². The van der Waals surface area contributed by atoms with Crippen LogP contribution in [-0.2, 0) is 15.3 Å². The summed E-state index contributed by atoms with van der Waals surface area (Å²) < 4.78 is 10.8. The number of carboxylic acid groups (broad SMARTS) is 1. The summed E-state index contributed by atoms with van der Waals surface area (Å²) in [5.74, 6) is -0.237. The van der Waals surface area contributed by atoms with E-state index in [1.807, 2.05) is 37.3 Å². The highest BCUT2D eigenvalue weighted by Crippen LogP contribution is 2.37. The molecule has 0 amide bonds. The molecule has 0 radical (unpaired) electrons. The van der Waals surface area contributed by atoms with Crippen molar-refractivity contribution >= 4 is 28.9 Å². The standard InChI is InChI=1S/C23H24N2O5S/c1-4-30-22(28)19-14(2)24-23(25-20(19)17-10-5-6-11-18(17)29-3)31-13-15-8-7-9-16(12-15)21(26)27/h5-12,20H,4,13H2,1-3H3,(H,24,25)(H,26,27)/t20-/m1/s1. The van der Waals surface area contributed by atoms with Gasteiger partial charge in [0.25, 0.3) is 0 Å². The van der Waals surface area contributed by atoms with E-state index in [-0.39, 0.29) is 12.2 Å². The molecule has 7 nitrogen and oxygen atoms in total. The number of thioether (sulfide) groups is 1. The molecule has 2 aromatic carbocycles. The zero-order chi connectivity index (χ0) is 22.4. The van der Waals surface area contributed by atoms with Gasteiger partial charge in [0.05, 0.1) is 24.9 Å². The van der Waals surface area contributed by atoms with Gasteiger partial charge in [-0.3, -0.25) is 0 Å². The van der Waals surface area contributed by atoms with Gasteiger partial charge in [-0.25, -0.2) is 14.6 Å². The molecule has 0 saturated carbocycles. The van der Waals surface area contributed by atoms with Gasteiger partial charge < -0.3 is 19.9 Å². The second-order valence-corrected chi connectivity index (χ2v) is 7.72. The number of amidine groups is 1. The number of rotatable bonds is 7. The molecule has 0 spiro atoms. The molecule has 0 aliphatic carbocycles. The maximum absolute atomic E-state index is 12.7. The zero-order valence-corrected chi connectivity index (χ0v) is 18.4. The summed E-state index contributed by atoms with van der Waals surface area (Å²) in [6.45, 7) is 3.84. The third-order valence-corrected chi connectivity index (χ3v) is 5.66. The van der Waals surface area contributed by atoms with Crippen LogP contribution in [-0.4, -0.2) is 35.9 Å². The molecule has 0 fully saturated rings. The summed E-state index contributed by atoms with van der Waals surface area (Å²) in [7, 11) is 1.58. The van der Waals surface area contributed by atoms with Gasteiger partial charge in [-0.1, -0.05) is 42.1 Å². The van der Waals surface area contributed by atoms with E-state index in [4.69, 9.17) is 14.5 Å². The topological polar surface area (TPSA) is 97.2 Å². The molecule has 8 heteroatoms. The number of para-hydroxylation sites is 1. The molecule has 31 heavy (non-hydrogen) atoms. The molecular weight excluding hydrogens is 416 g/mol. The molecule has 1 aliphatic rings. The Morgan fingerprint density at radius 2 is 1.97 bits per heavy atom. The van der Waals surface area contributed by atoms with Crippen LogP contribution in [0.3, 0.4) is 0 Å². The van der Waals surface area contributed by atoms with Crippen molar-refractivity contribution in [3.8, 4) is 5.75 Å². The SMILES string of the molecule is CCOC(=O)C1=C(C)NC(SCc2cccc(C(=O)O)c2)=N[C@@H]1c1ccccc1OC. The van der Waals surface area contributed by atoms with Crippen LogP contribution >= 0.6 is 11.8 Å². The van der Waals surface area contributed by atoms with E-state index in [2.05, 4.69) is 5.32 Å². The lowest BCUT2D eigenvalue weighted by atomic mass is 9.96. The van der Waals surface area contributed by atoms with Gasteiger partial charge in [0, 0.05) is 17.0 Å². The van der Waals surface area contributed by atoms with E-state index in [9.17, 15) is 14.7 Å². The van der Waals surface area contributed by atoms with Crippen molar-refractivity contribution < 1.29 is 24.2 Å². The third-order valence-electron chi connectivity index (χ3n) is 4.70. The van der Waals surface area contributed by atoms with Gasteiger partial charge in [0.2, 0.25) is 0 Å². The summed E-state index contributed by atoms with van der Waals surface area (Å²) >= 11 is 1.43. The predicted octanol–water partition coefficient (Wildman–Crippen LogP) is 4.16. The van der Waals surface area contributed by atoms with E-state index in [1.165, 1.54) is 11.8 Å². The Bertz CT molecular complexity index is 1050. The van der Waals surface area contributed by atoms with Crippen LogP contribution in [0.15, 0.2) is 64.8 Å². The minimum absolute atomic E-state index is 0.240. The highest BCUT2D eigenvalue weighted by Gasteiger charge is 2.32. The summed E-state index contributed by atoms with van der Waals surface area (Å²) in [4.78, 5) is 28.7. The number of carbonyl (C=O) groups is 2. The molecule has 162 valence electrons. The second kappa shape index (κ2) is 10.2. The van der Waals surface area contributed by atoms with Crippen molar-refractivity contribution in [2.75, 3.05) is 13.7 Å². The fourth-order valence-corrected chi connectivity index (χ4v) is 4.15. The minimum Gasteiger partial charge on any atom is -0.496 e. The average Bonchev–Trinajstić information content (AvgIpc) is 2.77. The summed E-state index contributed by atoms with van der Waals surface area (Å²) in [5.41, 5.74) is 2.96. The van der Waals surface area contributed by atoms with Gasteiger partial charge in [0.15, 0.2) is 5.17 Å². The number of methoxy groups -OCH3 is 1. The Hall–Kier alpha value is -3.26. The molecule has 3 rings (SSSR count). The Labute approximate surface area is 185 Å². The fraction of sp³-hybridized carbons (Fsp3) is 0.261. The highest BCUT2D eigenvalue weighted by molar-refractivity contribution is 8.13. The first kappa shape index (κ1) is 22.4. The first-order valence-electron chi connectivity index (χ1n) is 9.75. The van der Waals surface area contributed by atoms with E-state index >= 15 is 0 Å². The number of nitrogens with one attached hydrogen (secondary N) is 1. The normalized spacial score (nSPS) is 15.7. The number of hydrogen-bond acceptors (Lipinski definition) is 7. The molecule has 2 N–H and O–H groups in total. The van der Waals surface area contributed by atoms with E-state index < -0.39 is 18.0 Å². The average molecular weight is 441 g/mol. The van der Waals surface area contributed by atoms with Crippen LogP contribution in [0.4, 0.5) is 0 Å². The number of benzene rings is 2. The van der Waals surface area contributed by atoms with Crippen LogP contribution in [0, 0.1) is 0 Å². The molecule has 0 bridgehead atoms. The summed E-state index contributed by atoms with van der Waals surface area (Å²) in [6.07, 6.45) is 0. The van der Waals surface area contributed by atoms with E-state index in [0.29, 0.717) is 27.9 Å². The number of carboxylic acids is 1. The number of ether oxygens (including phenoxy) is 2. The number of esters is 1. The quantitative estimate of drug-likeness (QED) is 0.624. The zero-order valence-electron chi connectivity index (χ0n) is 17.5. The molecule has 0 aromatic heterocycles. The van der Waals surface area contributed by atoms with Crippen LogP contribution in [0.1, 0.15) is 41.4 Å². The van der Waals surface area contributed by atoms with Gasteiger partial charge in [-0.2, -0.15) is 0 Å². The van der Waals surface area contributed by atoms with Crippen LogP contribution in [0.25, 0.3) is 0 Å². The third kappa shape index (κ3) is 5.27. The van der Waals surface area contributed by atoms with E-state index in [1.54, 1.807) is 32.2 Å². The first-order valence-corrected chi connectivity index (χ1v) is 10.7. The molecule has 0 unspecified atom stereocenters. The smallest absolute Gasteiger partial charge is 0.338 e. The van der Waals surface area contributed by atoms with Gasteiger partial charge in [-0.15, -0.1) is 0 Å². The van der Waals surface area contributed by atoms with Crippen LogP contribution < -0.4 is 10.1 Å². The monoisotopic (exact) mass is 440 g/mol. The first-order chi connectivity index (χ1) is 14.9. The Balaban J connectivity index is 1.91. The summed E-state index contributed by atoms with van der Waals surface area (Å²) in [6, 6.07) is 13.6. The Morgan fingerprint density at radius 1 is 1.19 bits per heavy atom. The van der Waals surface area contributed by atoms with Gasteiger partial charge in [0.1, 0.15) is 11.8 Å². The fourth-order valence-electron chi connectivity index (χ4n) is 3.26. The molecule has 1 aliphatic heterocycles. The molecular formula is C23H24N2O5S. The van der Waals surface area contributed by atoms with Crippen molar-refractivity contribution in [3.63, 3.8) is 0 Å². The van der Waals surface area contributed by atoms with Crippen molar-refractivity contribution in [2.24, 2.45) is 4.99 Å². The van der Waals surface area contributed by atoms with Crippen molar-refractivity contribution in [1.82, 2.24) is 5.32 Å². The van der Waals surface area contributed by atoms with Crippen molar-refractivity contribution in [2.45, 2.75) is 25.6 Å². The predicted molar refractivity (Wildman–Crippen MR) is 120 cm³/mol. The minimum atomic E-state index is -0.964. The Kier molecular flexibility index (Phi) is 7.36. The molecule has 0 saturated heterocycles. The second-order valence-electron chi connectivity index (χ2n) is 6.76. The van der Waals surface area contributed by atoms with Crippen molar-refractivity contribution in [1.29, 1.82) is 0 Å². The number of aliphatic imine (C=N–C) groups is 1. The Morgan fingerprint density at radius 3 is 2.68 bits per heavy atom. The molecule has 1 atom stereocenters. The van der Waals surface area contributed by atoms with Gasteiger partial charge >= 0.3 is 11.9 Å². The number of nitrogens with zero attached hydrogens (tertiary/aromatic N) is 1. The number of hydrogen-bond donors (Lipinski definition) is 2. The van der Waals surface area contributed by atoms with Crippen LogP contribution in [0.5, 0.6) is 5.75 Å². The lowest BCUT2D eigenvalue weighted by molar-refractivity contribution is -0.138.